The first kappa shape index (κ1) is 20.1. The Kier molecular flexibility index (Phi) is 7.83. The van der Waals surface area contributed by atoms with Crippen molar-refractivity contribution in [3.63, 3.8) is 0 Å². The summed E-state index contributed by atoms with van der Waals surface area (Å²) in [5.74, 6) is -1.34. The first-order chi connectivity index (χ1) is 11.2. The Bertz CT molecular complexity index is 657. The molecule has 1 rings (SSSR count). The number of hydrogen-bond donors (Lipinski definition) is 2. The molecule has 134 valence electrons. The van der Waals surface area contributed by atoms with Crippen LogP contribution in [0.1, 0.15) is 12.5 Å². The third kappa shape index (κ3) is 7.07. The maximum Gasteiger partial charge on any atom is 0.321 e. The zero-order chi connectivity index (χ0) is 18.2. The van der Waals surface area contributed by atoms with Gasteiger partial charge in [0.05, 0.1) is 11.5 Å². The Morgan fingerprint density at radius 3 is 2.42 bits per heavy atom. The summed E-state index contributed by atoms with van der Waals surface area (Å²) in [6, 6.07) is 5.96. The molecule has 0 heterocycles. The van der Waals surface area contributed by atoms with E-state index >= 15 is 0 Å². The van der Waals surface area contributed by atoms with Gasteiger partial charge in [-0.2, -0.15) is 4.72 Å². The van der Waals surface area contributed by atoms with Crippen LogP contribution in [0.5, 0.6) is 0 Å². The fourth-order valence-electron chi connectivity index (χ4n) is 1.76. The van der Waals surface area contributed by atoms with E-state index in [-0.39, 0.29) is 10.9 Å². The van der Waals surface area contributed by atoms with Gasteiger partial charge in [-0.3, -0.25) is 9.59 Å². The lowest BCUT2D eigenvalue weighted by Crippen LogP contribution is -2.39. The van der Waals surface area contributed by atoms with Gasteiger partial charge >= 0.3 is 5.97 Å². The molecule has 1 amide bonds. The normalized spacial score (nSPS) is 12.5. The van der Waals surface area contributed by atoms with Gasteiger partial charge < -0.3 is 14.8 Å². The van der Waals surface area contributed by atoms with Gasteiger partial charge in [0.2, 0.25) is 10.0 Å². The summed E-state index contributed by atoms with van der Waals surface area (Å²) in [4.78, 5) is 23.1. The molecule has 0 aliphatic heterocycles. The molecule has 0 fully saturated rings. The number of aryl methyl sites for hydroxylation is 1. The average molecular weight is 358 g/mol. The lowest BCUT2D eigenvalue weighted by molar-refractivity contribution is -0.147. The Labute approximate surface area is 141 Å². The molecule has 0 aromatic heterocycles. The van der Waals surface area contributed by atoms with E-state index in [2.05, 4.69) is 10.0 Å². The van der Waals surface area contributed by atoms with Crippen LogP contribution < -0.4 is 10.0 Å². The number of benzene rings is 1. The summed E-state index contributed by atoms with van der Waals surface area (Å²) in [5.41, 5.74) is 0.919. The van der Waals surface area contributed by atoms with Crippen molar-refractivity contribution in [2.45, 2.75) is 24.8 Å². The minimum Gasteiger partial charge on any atom is -0.455 e. The monoisotopic (exact) mass is 358 g/mol. The predicted octanol–water partition coefficient (Wildman–Crippen LogP) is -0.0324. The van der Waals surface area contributed by atoms with Crippen LogP contribution in [0.4, 0.5) is 0 Å². The minimum absolute atomic E-state index is 0.0482. The summed E-state index contributed by atoms with van der Waals surface area (Å²) in [5, 5.41) is 2.56. The SMILES string of the molecule is COCC(C)NC(=O)COC(=O)CNS(=O)(=O)c1ccc(C)cc1. The van der Waals surface area contributed by atoms with Gasteiger partial charge in [0.1, 0.15) is 6.54 Å². The molecule has 0 saturated carbocycles. The molecule has 0 aliphatic rings. The van der Waals surface area contributed by atoms with E-state index in [1.807, 2.05) is 6.92 Å². The van der Waals surface area contributed by atoms with Crippen LogP contribution in [0.2, 0.25) is 0 Å². The van der Waals surface area contributed by atoms with E-state index in [0.717, 1.165) is 5.56 Å². The van der Waals surface area contributed by atoms with Crippen LogP contribution in [-0.2, 0) is 29.1 Å². The van der Waals surface area contributed by atoms with Crippen LogP contribution >= 0.6 is 0 Å². The van der Waals surface area contributed by atoms with Crippen molar-refractivity contribution >= 4 is 21.9 Å². The van der Waals surface area contributed by atoms with Gasteiger partial charge in [0.25, 0.3) is 5.91 Å². The van der Waals surface area contributed by atoms with E-state index in [4.69, 9.17) is 9.47 Å². The van der Waals surface area contributed by atoms with Gasteiger partial charge in [0.15, 0.2) is 6.61 Å². The van der Waals surface area contributed by atoms with E-state index in [1.165, 1.54) is 19.2 Å². The van der Waals surface area contributed by atoms with Crippen LogP contribution in [0, 0.1) is 6.92 Å². The van der Waals surface area contributed by atoms with Crippen molar-refractivity contribution < 1.29 is 27.5 Å². The average Bonchev–Trinajstić information content (AvgIpc) is 2.51. The fourth-order valence-corrected chi connectivity index (χ4v) is 2.73. The smallest absolute Gasteiger partial charge is 0.321 e. The van der Waals surface area contributed by atoms with E-state index in [1.54, 1.807) is 19.1 Å². The van der Waals surface area contributed by atoms with E-state index < -0.39 is 35.1 Å². The van der Waals surface area contributed by atoms with Crippen molar-refractivity contribution in [2.24, 2.45) is 0 Å². The number of methoxy groups -OCH3 is 1. The van der Waals surface area contributed by atoms with Crippen molar-refractivity contribution in [1.82, 2.24) is 10.0 Å². The number of ether oxygens (including phenoxy) is 2. The molecule has 0 aliphatic carbocycles. The fraction of sp³-hybridized carbons (Fsp3) is 0.467. The molecule has 9 heteroatoms. The van der Waals surface area contributed by atoms with Crippen molar-refractivity contribution in [2.75, 3.05) is 26.9 Å². The highest BCUT2D eigenvalue weighted by Crippen LogP contribution is 2.09. The lowest BCUT2D eigenvalue weighted by Gasteiger charge is -2.12. The lowest BCUT2D eigenvalue weighted by atomic mass is 10.2. The number of hydrogen-bond acceptors (Lipinski definition) is 6. The molecule has 1 aromatic rings. The standard InChI is InChI=1S/C15H22N2O6S/c1-11-4-6-13(7-5-11)24(20,21)16-8-15(19)23-10-14(18)17-12(2)9-22-3/h4-7,12,16H,8-10H2,1-3H3,(H,17,18). The molecule has 8 nitrogen and oxygen atoms in total. The quantitative estimate of drug-likeness (QED) is 0.600. The summed E-state index contributed by atoms with van der Waals surface area (Å²) < 4.78 is 35.7. The number of amides is 1. The second-order valence-electron chi connectivity index (χ2n) is 5.22. The maximum atomic E-state index is 12.0. The zero-order valence-electron chi connectivity index (χ0n) is 13.9. The molecule has 0 saturated heterocycles. The number of carbonyl (C=O) groups excluding carboxylic acids is 2. The van der Waals surface area contributed by atoms with Crippen LogP contribution in [-0.4, -0.2) is 53.2 Å². The molecular weight excluding hydrogens is 336 g/mol. The second kappa shape index (κ2) is 9.36. The molecule has 24 heavy (non-hydrogen) atoms. The number of carbonyl (C=O) groups is 2. The Hall–Kier alpha value is -1.97. The third-order valence-corrected chi connectivity index (χ3v) is 4.34. The van der Waals surface area contributed by atoms with Crippen LogP contribution in [0.15, 0.2) is 29.2 Å². The third-order valence-electron chi connectivity index (χ3n) is 2.93. The molecule has 1 aromatic carbocycles. The minimum atomic E-state index is -3.80. The zero-order valence-corrected chi connectivity index (χ0v) is 14.7. The molecule has 2 N–H and O–H groups in total. The number of nitrogens with one attached hydrogen (secondary N) is 2. The molecule has 0 bridgehead atoms. The van der Waals surface area contributed by atoms with Gasteiger partial charge in [0, 0.05) is 13.2 Å². The van der Waals surface area contributed by atoms with Crippen LogP contribution in [0.25, 0.3) is 0 Å². The summed E-state index contributed by atoms with van der Waals surface area (Å²) in [6.07, 6.45) is 0. The Balaban J connectivity index is 2.40. The number of rotatable bonds is 9. The predicted molar refractivity (Wildman–Crippen MR) is 86.8 cm³/mol. The van der Waals surface area contributed by atoms with Gasteiger partial charge in [-0.25, -0.2) is 8.42 Å². The first-order valence-corrected chi connectivity index (χ1v) is 8.73. The van der Waals surface area contributed by atoms with E-state index in [9.17, 15) is 18.0 Å². The number of sulfonamides is 1. The largest absolute Gasteiger partial charge is 0.455 e. The highest BCUT2D eigenvalue weighted by Gasteiger charge is 2.16. The molecular formula is C15H22N2O6S. The molecule has 1 unspecified atom stereocenters. The van der Waals surface area contributed by atoms with Gasteiger partial charge in [-0.15, -0.1) is 0 Å². The highest BCUT2D eigenvalue weighted by molar-refractivity contribution is 7.89. The topological polar surface area (TPSA) is 111 Å². The van der Waals surface area contributed by atoms with Crippen LogP contribution in [0.3, 0.4) is 0 Å². The Morgan fingerprint density at radius 1 is 1.21 bits per heavy atom. The maximum absolute atomic E-state index is 12.0. The summed E-state index contributed by atoms with van der Waals surface area (Å²) in [6.45, 7) is 2.85. The van der Waals surface area contributed by atoms with Crippen molar-refractivity contribution in [1.29, 1.82) is 0 Å². The van der Waals surface area contributed by atoms with Gasteiger partial charge in [-0.1, -0.05) is 17.7 Å². The molecule has 0 spiro atoms. The Morgan fingerprint density at radius 2 is 1.83 bits per heavy atom. The van der Waals surface area contributed by atoms with Crippen molar-refractivity contribution in [3.8, 4) is 0 Å². The first-order valence-electron chi connectivity index (χ1n) is 7.25. The molecule has 0 radical (unpaired) electrons. The van der Waals surface area contributed by atoms with Gasteiger partial charge in [-0.05, 0) is 26.0 Å². The summed E-state index contributed by atoms with van der Waals surface area (Å²) in [7, 11) is -2.30. The second-order valence-corrected chi connectivity index (χ2v) is 6.99. The molecule has 1 atom stereocenters. The van der Waals surface area contributed by atoms with Crippen molar-refractivity contribution in [3.05, 3.63) is 29.8 Å². The number of esters is 1. The summed E-state index contributed by atoms with van der Waals surface area (Å²) >= 11 is 0. The van der Waals surface area contributed by atoms with E-state index in [0.29, 0.717) is 6.61 Å². The highest BCUT2D eigenvalue weighted by atomic mass is 32.2.